The predicted octanol–water partition coefficient (Wildman–Crippen LogP) is 2.95. The quantitative estimate of drug-likeness (QED) is 0.458. The highest BCUT2D eigenvalue weighted by Gasteiger charge is 2.14. The third-order valence-corrected chi connectivity index (χ3v) is 4.92. The zero-order chi connectivity index (χ0) is 15.7. The van der Waals surface area contributed by atoms with Crippen molar-refractivity contribution in [1.82, 2.24) is 4.72 Å². The van der Waals surface area contributed by atoms with E-state index in [1.165, 1.54) is 45.2 Å². The highest BCUT2D eigenvalue weighted by atomic mass is 32.2. The number of nitrogen functional groups attached to an aromatic ring is 1. The second-order valence-electron chi connectivity index (χ2n) is 5.15. The number of unbranched alkanes of at least 4 members (excludes halogenated alkanes) is 5. The Morgan fingerprint density at radius 2 is 1.76 bits per heavy atom. The molecule has 0 aliphatic carbocycles. The van der Waals surface area contributed by atoms with E-state index in [0.717, 1.165) is 18.7 Å². The summed E-state index contributed by atoms with van der Waals surface area (Å²) in [4.78, 5) is 0.120. The van der Waals surface area contributed by atoms with Crippen LogP contribution in [0.2, 0.25) is 0 Å². The maximum absolute atomic E-state index is 11.7. The summed E-state index contributed by atoms with van der Waals surface area (Å²) in [5.74, 6) is 0. The molecule has 0 amide bonds. The van der Waals surface area contributed by atoms with Gasteiger partial charge in [0.2, 0.25) is 10.0 Å². The molecule has 0 aliphatic rings. The Morgan fingerprint density at radius 3 is 2.38 bits per heavy atom. The number of hydrogen-bond acceptors (Lipinski definition) is 4. The van der Waals surface area contributed by atoms with E-state index >= 15 is 0 Å². The second-order valence-corrected chi connectivity index (χ2v) is 7.01. The lowest BCUT2D eigenvalue weighted by molar-refractivity contribution is 0.588. The van der Waals surface area contributed by atoms with Crippen LogP contribution in [-0.2, 0) is 10.0 Å². The SMILES string of the molecule is CCCCCCCCNc1ccc(S(=O)(=O)NC)c(N)c1. The fourth-order valence-corrected chi connectivity index (χ4v) is 2.99. The monoisotopic (exact) mass is 313 g/mol. The summed E-state index contributed by atoms with van der Waals surface area (Å²) in [6, 6.07) is 4.95. The van der Waals surface area contributed by atoms with Gasteiger partial charge in [0.15, 0.2) is 0 Å². The lowest BCUT2D eigenvalue weighted by Gasteiger charge is -2.10. The molecule has 21 heavy (non-hydrogen) atoms. The summed E-state index contributed by atoms with van der Waals surface area (Å²) in [6.07, 6.45) is 7.48. The number of hydrogen-bond donors (Lipinski definition) is 3. The highest BCUT2D eigenvalue weighted by Crippen LogP contribution is 2.22. The number of rotatable bonds is 10. The first-order chi connectivity index (χ1) is 10.0. The van der Waals surface area contributed by atoms with E-state index in [1.54, 1.807) is 12.1 Å². The molecule has 0 spiro atoms. The Labute approximate surface area is 128 Å². The van der Waals surface area contributed by atoms with E-state index in [0.29, 0.717) is 0 Å². The van der Waals surface area contributed by atoms with Gasteiger partial charge in [-0.3, -0.25) is 0 Å². The van der Waals surface area contributed by atoms with Gasteiger partial charge in [-0.2, -0.15) is 0 Å². The zero-order valence-electron chi connectivity index (χ0n) is 13.0. The van der Waals surface area contributed by atoms with E-state index in [9.17, 15) is 8.42 Å². The Balaban J connectivity index is 2.43. The number of nitrogens with one attached hydrogen (secondary N) is 2. The molecule has 0 atom stereocenters. The van der Waals surface area contributed by atoms with Gasteiger partial charge in [0.1, 0.15) is 4.90 Å². The molecule has 0 heterocycles. The molecule has 0 unspecified atom stereocenters. The van der Waals surface area contributed by atoms with Crippen molar-refractivity contribution >= 4 is 21.4 Å². The van der Waals surface area contributed by atoms with Gasteiger partial charge in [0.25, 0.3) is 0 Å². The van der Waals surface area contributed by atoms with Gasteiger partial charge < -0.3 is 11.1 Å². The summed E-state index contributed by atoms with van der Waals surface area (Å²) in [5.41, 5.74) is 6.93. The van der Waals surface area contributed by atoms with Crippen LogP contribution in [0.4, 0.5) is 11.4 Å². The van der Waals surface area contributed by atoms with Crippen molar-refractivity contribution in [3.63, 3.8) is 0 Å². The van der Waals surface area contributed by atoms with Crippen LogP contribution in [0.1, 0.15) is 45.4 Å². The Hall–Kier alpha value is -1.27. The van der Waals surface area contributed by atoms with E-state index in [2.05, 4.69) is 17.0 Å². The van der Waals surface area contributed by atoms with Crippen molar-refractivity contribution in [3.05, 3.63) is 18.2 Å². The molecule has 0 aromatic heterocycles. The molecule has 4 N–H and O–H groups in total. The average molecular weight is 313 g/mol. The molecule has 0 saturated heterocycles. The molecular weight excluding hydrogens is 286 g/mol. The van der Waals surface area contributed by atoms with Gasteiger partial charge in [0.05, 0.1) is 5.69 Å². The van der Waals surface area contributed by atoms with Gasteiger partial charge >= 0.3 is 0 Å². The Morgan fingerprint density at radius 1 is 1.10 bits per heavy atom. The number of anilines is 2. The fourth-order valence-electron chi connectivity index (χ4n) is 2.15. The fraction of sp³-hybridized carbons (Fsp3) is 0.600. The van der Waals surface area contributed by atoms with Crippen LogP contribution in [0, 0.1) is 0 Å². The van der Waals surface area contributed by atoms with Gasteiger partial charge in [-0.25, -0.2) is 13.1 Å². The molecule has 0 saturated carbocycles. The number of nitrogens with two attached hydrogens (primary N) is 1. The first-order valence-electron chi connectivity index (χ1n) is 7.58. The second kappa shape index (κ2) is 8.89. The maximum Gasteiger partial charge on any atom is 0.242 e. The normalized spacial score (nSPS) is 11.5. The first-order valence-corrected chi connectivity index (χ1v) is 9.06. The molecule has 0 bridgehead atoms. The summed E-state index contributed by atoms with van der Waals surface area (Å²) in [6.45, 7) is 3.09. The molecule has 1 aromatic rings. The van der Waals surface area contributed by atoms with Crippen molar-refractivity contribution < 1.29 is 8.42 Å². The minimum Gasteiger partial charge on any atom is -0.398 e. The first kappa shape index (κ1) is 17.8. The van der Waals surface area contributed by atoms with Crippen molar-refractivity contribution in [2.75, 3.05) is 24.6 Å². The molecular formula is C15H27N3O2S. The molecule has 0 radical (unpaired) electrons. The molecule has 0 fully saturated rings. The number of benzene rings is 1. The van der Waals surface area contributed by atoms with Gasteiger partial charge in [-0.1, -0.05) is 39.0 Å². The van der Waals surface area contributed by atoms with Crippen LogP contribution in [0.25, 0.3) is 0 Å². The third-order valence-electron chi connectivity index (χ3n) is 3.43. The summed E-state index contributed by atoms with van der Waals surface area (Å²) < 4.78 is 25.7. The van der Waals surface area contributed by atoms with Crippen molar-refractivity contribution in [1.29, 1.82) is 0 Å². The lowest BCUT2D eigenvalue weighted by Crippen LogP contribution is -2.20. The third kappa shape index (κ3) is 5.93. The van der Waals surface area contributed by atoms with Gasteiger partial charge in [0, 0.05) is 12.2 Å². The van der Waals surface area contributed by atoms with Crippen LogP contribution in [0.3, 0.4) is 0 Å². The van der Waals surface area contributed by atoms with E-state index in [4.69, 9.17) is 5.73 Å². The number of sulfonamides is 1. The summed E-state index contributed by atoms with van der Waals surface area (Å²) in [7, 11) is -2.11. The molecule has 1 rings (SSSR count). The van der Waals surface area contributed by atoms with Crippen LogP contribution in [0.5, 0.6) is 0 Å². The van der Waals surface area contributed by atoms with Crippen molar-refractivity contribution in [3.8, 4) is 0 Å². The largest absolute Gasteiger partial charge is 0.398 e. The highest BCUT2D eigenvalue weighted by molar-refractivity contribution is 7.89. The minimum absolute atomic E-state index is 0.120. The van der Waals surface area contributed by atoms with E-state index in [1.807, 2.05) is 0 Å². The molecule has 0 aliphatic heterocycles. The molecule has 120 valence electrons. The van der Waals surface area contributed by atoms with Gasteiger partial charge in [-0.05, 0) is 31.7 Å². The van der Waals surface area contributed by atoms with Crippen LogP contribution in [-0.4, -0.2) is 22.0 Å². The average Bonchev–Trinajstić information content (AvgIpc) is 2.46. The Bertz CT molecular complexity index is 530. The van der Waals surface area contributed by atoms with E-state index < -0.39 is 10.0 Å². The Kier molecular flexibility index (Phi) is 7.53. The van der Waals surface area contributed by atoms with Crippen LogP contribution in [0.15, 0.2) is 23.1 Å². The van der Waals surface area contributed by atoms with Crippen LogP contribution >= 0.6 is 0 Å². The summed E-state index contributed by atoms with van der Waals surface area (Å²) in [5, 5.41) is 3.28. The molecule has 6 heteroatoms. The van der Waals surface area contributed by atoms with Crippen molar-refractivity contribution in [2.24, 2.45) is 0 Å². The van der Waals surface area contributed by atoms with Gasteiger partial charge in [-0.15, -0.1) is 0 Å². The lowest BCUT2D eigenvalue weighted by atomic mass is 10.1. The topological polar surface area (TPSA) is 84.2 Å². The predicted molar refractivity (Wildman–Crippen MR) is 89.0 cm³/mol. The zero-order valence-corrected chi connectivity index (χ0v) is 13.8. The van der Waals surface area contributed by atoms with E-state index in [-0.39, 0.29) is 10.6 Å². The maximum atomic E-state index is 11.7. The minimum atomic E-state index is -3.49. The summed E-state index contributed by atoms with van der Waals surface area (Å²) >= 11 is 0. The van der Waals surface area contributed by atoms with Crippen LogP contribution < -0.4 is 15.8 Å². The molecule has 5 nitrogen and oxygen atoms in total. The van der Waals surface area contributed by atoms with Crippen molar-refractivity contribution in [2.45, 2.75) is 50.3 Å². The standard InChI is InChI=1S/C15H27N3O2S/c1-3-4-5-6-7-8-11-18-13-9-10-15(14(16)12-13)21(19,20)17-2/h9-10,12,17-18H,3-8,11,16H2,1-2H3. The smallest absolute Gasteiger partial charge is 0.242 e. The molecule has 1 aromatic carbocycles.